The van der Waals surface area contributed by atoms with Crippen LogP contribution in [0, 0.1) is 11.3 Å². The Kier molecular flexibility index (Phi) is 17.5. The van der Waals surface area contributed by atoms with E-state index < -0.39 is 5.91 Å². The first-order valence-electron chi connectivity index (χ1n) is 16.0. The zero-order valence-electron chi connectivity index (χ0n) is 26.0. The van der Waals surface area contributed by atoms with Crippen LogP contribution in [0.5, 0.6) is 17.2 Å². The van der Waals surface area contributed by atoms with E-state index in [4.69, 9.17) is 19.5 Å². The normalized spacial score (nSPS) is 10.6. The highest BCUT2D eigenvalue weighted by Gasteiger charge is 2.20. The number of hydrogen-bond donors (Lipinski definition) is 1. The molecule has 0 unspecified atom stereocenters. The van der Waals surface area contributed by atoms with Gasteiger partial charge in [-0.1, -0.05) is 91.4 Å². The van der Waals surface area contributed by atoms with Crippen LogP contribution in [-0.4, -0.2) is 25.7 Å². The van der Waals surface area contributed by atoms with E-state index in [0.29, 0.717) is 48.2 Å². The highest BCUT2D eigenvalue weighted by atomic mass is 16.5. The van der Waals surface area contributed by atoms with Crippen LogP contribution < -0.4 is 25.0 Å². The molecule has 0 fully saturated rings. The van der Waals surface area contributed by atoms with Crippen molar-refractivity contribution in [1.29, 1.82) is 5.26 Å². The van der Waals surface area contributed by atoms with E-state index in [1.807, 2.05) is 6.07 Å². The van der Waals surface area contributed by atoms with Crippen molar-refractivity contribution in [2.75, 3.05) is 25.1 Å². The summed E-state index contributed by atoms with van der Waals surface area (Å²) in [5.74, 6) is 0.965. The Hall–Kier alpha value is -3.53. The number of nitriles is 1. The van der Waals surface area contributed by atoms with E-state index in [0.717, 1.165) is 38.5 Å². The average Bonchev–Trinajstić information content (AvgIpc) is 3.17. The third kappa shape index (κ3) is 13.0. The predicted molar refractivity (Wildman–Crippen MR) is 170 cm³/mol. The van der Waals surface area contributed by atoms with Crippen LogP contribution in [0.1, 0.15) is 127 Å². The van der Waals surface area contributed by atoms with Gasteiger partial charge in [0.25, 0.3) is 5.91 Å². The summed E-state index contributed by atoms with van der Waals surface area (Å²) in [7, 11) is 0. The van der Waals surface area contributed by atoms with Crippen molar-refractivity contribution in [3.8, 4) is 23.3 Å². The van der Waals surface area contributed by atoms with E-state index in [1.165, 1.54) is 75.6 Å². The molecule has 2 rings (SSSR count). The van der Waals surface area contributed by atoms with Crippen molar-refractivity contribution < 1.29 is 19.0 Å². The van der Waals surface area contributed by atoms with Crippen LogP contribution in [0.25, 0.3) is 0 Å². The second kappa shape index (κ2) is 21.2. The minimum atomic E-state index is -0.473. The van der Waals surface area contributed by atoms with Gasteiger partial charge in [0.1, 0.15) is 0 Å². The van der Waals surface area contributed by atoms with Crippen molar-refractivity contribution in [3.63, 3.8) is 0 Å². The Bertz CT molecular complexity index is 1140. The van der Waals surface area contributed by atoms with Gasteiger partial charge in [0, 0.05) is 5.56 Å². The lowest BCUT2D eigenvalue weighted by Gasteiger charge is -2.18. The number of rotatable bonds is 22. The Morgan fingerprint density at radius 1 is 0.690 bits per heavy atom. The summed E-state index contributed by atoms with van der Waals surface area (Å²) >= 11 is 0. The smallest absolute Gasteiger partial charge is 0.256 e. The third-order valence-corrected chi connectivity index (χ3v) is 7.02. The van der Waals surface area contributed by atoms with Gasteiger partial charge in [-0.15, -0.1) is 0 Å². The summed E-state index contributed by atoms with van der Waals surface area (Å²) in [6.07, 6.45) is 16.1. The lowest BCUT2D eigenvalue weighted by Crippen LogP contribution is -2.17. The molecule has 1 N–H and O–H groups in total. The Morgan fingerprint density at radius 3 is 1.74 bits per heavy atom. The van der Waals surface area contributed by atoms with Crippen molar-refractivity contribution in [3.05, 3.63) is 57.7 Å². The summed E-state index contributed by atoms with van der Waals surface area (Å²) in [6, 6.07) is 11.0. The fourth-order valence-corrected chi connectivity index (χ4v) is 4.42. The molecule has 230 valence electrons. The first-order valence-corrected chi connectivity index (χ1v) is 16.0. The molecule has 0 radical (unpaired) electrons. The van der Waals surface area contributed by atoms with Gasteiger partial charge in [0.2, 0.25) is 11.2 Å². The second-order valence-corrected chi connectivity index (χ2v) is 10.7. The van der Waals surface area contributed by atoms with E-state index in [1.54, 1.807) is 12.1 Å². The Morgan fingerprint density at radius 2 is 1.19 bits per heavy atom. The molecule has 0 aliphatic rings. The number of benzene rings is 1. The maximum Gasteiger partial charge on any atom is 0.256 e. The maximum atomic E-state index is 13.3. The fourth-order valence-electron chi connectivity index (χ4n) is 4.42. The Labute approximate surface area is 252 Å². The highest BCUT2D eigenvalue weighted by molar-refractivity contribution is 6.05. The molecule has 7 nitrogen and oxygen atoms in total. The molecule has 0 heterocycles. The SMILES string of the molecule is CCCCCCCCCCCCOc1c(OCCCC)cc(C(=O)Nc2ccc(C#N)ccc2=O)cc1OCCCC. The van der Waals surface area contributed by atoms with Crippen LogP contribution in [0.2, 0.25) is 0 Å². The molecule has 2 aromatic rings. The summed E-state index contributed by atoms with van der Waals surface area (Å²) in [5, 5.41) is 11.8. The zero-order chi connectivity index (χ0) is 30.4. The van der Waals surface area contributed by atoms with Gasteiger partial charge in [-0.25, -0.2) is 0 Å². The number of nitrogens with zero attached hydrogens (tertiary/aromatic N) is 1. The lowest BCUT2D eigenvalue weighted by molar-refractivity contribution is 0.102. The molecule has 0 saturated heterocycles. The molecular weight excluding hydrogens is 528 g/mol. The van der Waals surface area contributed by atoms with Gasteiger partial charge in [0.05, 0.1) is 37.1 Å². The predicted octanol–water partition coefficient (Wildman–Crippen LogP) is 8.83. The highest BCUT2D eigenvalue weighted by Crippen LogP contribution is 2.40. The van der Waals surface area contributed by atoms with Crippen LogP contribution in [-0.2, 0) is 0 Å². The van der Waals surface area contributed by atoms with Crippen molar-refractivity contribution >= 4 is 11.6 Å². The number of unbranched alkanes of at least 4 members (excludes halogenated alkanes) is 11. The molecule has 0 bridgehead atoms. The average molecular weight is 579 g/mol. The van der Waals surface area contributed by atoms with E-state index in [-0.39, 0.29) is 11.1 Å². The summed E-state index contributed by atoms with van der Waals surface area (Å²) in [4.78, 5) is 25.8. The first kappa shape index (κ1) is 34.7. The molecule has 1 amide bonds. The molecule has 0 aliphatic heterocycles. The van der Waals surface area contributed by atoms with Crippen molar-refractivity contribution in [1.82, 2.24) is 0 Å². The fraction of sp³-hybridized carbons (Fsp3) is 0.571. The van der Waals surface area contributed by atoms with Gasteiger partial charge in [-0.2, -0.15) is 5.26 Å². The molecular formula is C35H50N2O5. The second-order valence-electron chi connectivity index (χ2n) is 10.7. The minimum absolute atomic E-state index is 0.0877. The van der Waals surface area contributed by atoms with Gasteiger partial charge in [-0.05, 0) is 55.7 Å². The summed E-state index contributed by atoms with van der Waals surface area (Å²) < 4.78 is 18.5. The quantitative estimate of drug-likeness (QED) is 0.140. The number of ether oxygens (including phenoxy) is 3. The monoisotopic (exact) mass is 578 g/mol. The number of amides is 1. The van der Waals surface area contributed by atoms with Crippen LogP contribution in [0.15, 0.2) is 41.2 Å². The van der Waals surface area contributed by atoms with E-state index in [9.17, 15) is 9.59 Å². The number of carbonyl (C=O) groups is 1. The topological polar surface area (TPSA) is 97.6 Å². The molecule has 0 atom stereocenters. The Balaban J connectivity index is 2.15. The number of nitrogens with one attached hydrogen (secondary N) is 1. The van der Waals surface area contributed by atoms with Gasteiger partial charge < -0.3 is 19.5 Å². The van der Waals surface area contributed by atoms with Crippen molar-refractivity contribution in [2.24, 2.45) is 0 Å². The molecule has 0 spiro atoms. The maximum absolute atomic E-state index is 13.3. The molecule has 0 aliphatic carbocycles. The van der Waals surface area contributed by atoms with Gasteiger partial charge in [0.15, 0.2) is 11.5 Å². The molecule has 0 saturated carbocycles. The van der Waals surface area contributed by atoms with Crippen LogP contribution in [0.4, 0.5) is 5.69 Å². The van der Waals surface area contributed by atoms with E-state index >= 15 is 0 Å². The summed E-state index contributed by atoms with van der Waals surface area (Å²) in [5.41, 5.74) is 0.324. The van der Waals surface area contributed by atoms with Crippen molar-refractivity contribution in [2.45, 2.75) is 111 Å². The largest absolute Gasteiger partial charge is 0.490 e. The zero-order valence-corrected chi connectivity index (χ0v) is 26.0. The molecule has 2 aromatic carbocycles. The number of carbonyl (C=O) groups excluding carboxylic acids is 1. The lowest BCUT2D eigenvalue weighted by atomic mass is 10.1. The number of anilines is 1. The van der Waals surface area contributed by atoms with Gasteiger partial charge in [-0.3, -0.25) is 9.59 Å². The van der Waals surface area contributed by atoms with E-state index in [2.05, 4.69) is 26.1 Å². The standard InChI is InChI=1S/C35H50N2O5/c1-4-7-10-11-12-13-14-15-16-17-24-42-34-32(40-22-8-5-2)25-29(26-33(34)41-23-9-6-3)35(39)37-30-20-18-28(27-36)19-21-31(30)38/h18-21,25-26H,4-17,22-24H2,1-3H3,(H,37,38,39). The summed E-state index contributed by atoms with van der Waals surface area (Å²) in [6.45, 7) is 7.94. The van der Waals surface area contributed by atoms with Crippen LogP contribution in [0.3, 0.4) is 0 Å². The minimum Gasteiger partial charge on any atom is -0.490 e. The molecule has 0 aromatic heterocycles. The molecule has 7 heteroatoms. The first-order chi connectivity index (χ1) is 20.5. The van der Waals surface area contributed by atoms with Crippen LogP contribution >= 0.6 is 0 Å². The molecule has 42 heavy (non-hydrogen) atoms. The van der Waals surface area contributed by atoms with Gasteiger partial charge >= 0.3 is 0 Å². The number of hydrogen-bond acceptors (Lipinski definition) is 6. The third-order valence-electron chi connectivity index (χ3n) is 7.02.